The Hall–Kier alpha value is -0.830. The van der Waals surface area contributed by atoms with Crippen molar-refractivity contribution in [1.29, 1.82) is 0 Å². The van der Waals surface area contributed by atoms with Crippen LogP contribution in [0.25, 0.3) is 0 Å². The maximum absolute atomic E-state index is 10.9. The van der Waals surface area contributed by atoms with Gasteiger partial charge < -0.3 is 9.67 Å². The van der Waals surface area contributed by atoms with E-state index >= 15 is 0 Å². The first-order chi connectivity index (χ1) is 8.19. The average molecular weight is 236 g/mol. The molecule has 1 heterocycles. The summed E-state index contributed by atoms with van der Waals surface area (Å²) in [5.41, 5.74) is -0.683. The molecule has 0 aliphatic heterocycles. The fraction of sp³-hybridized carbons (Fsp3) is 0.786. The molecule has 1 N–H and O–H groups in total. The van der Waals surface area contributed by atoms with Crippen molar-refractivity contribution in [2.24, 2.45) is 5.92 Å². The molecule has 96 valence electrons. The van der Waals surface area contributed by atoms with Crippen molar-refractivity contribution in [2.45, 2.75) is 64.5 Å². The lowest BCUT2D eigenvalue weighted by Crippen LogP contribution is -2.35. The lowest BCUT2D eigenvalue weighted by atomic mass is 9.76. The van der Waals surface area contributed by atoms with E-state index in [4.69, 9.17) is 0 Å². The Balaban J connectivity index is 2.21. The summed E-state index contributed by atoms with van der Waals surface area (Å²) in [5.74, 6) is 1.54. The molecule has 1 fully saturated rings. The topological polar surface area (TPSA) is 38.0 Å². The standard InChI is InChI=1S/C14H24N2O/c1-3-9-16-10-8-15-13(16)14(17)7-5-6-12(4-2)11-14/h8,10,12,17H,3-7,9,11H2,1-2H3. The van der Waals surface area contributed by atoms with Gasteiger partial charge in [0.2, 0.25) is 0 Å². The van der Waals surface area contributed by atoms with Crippen LogP contribution in [0.3, 0.4) is 0 Å². The molecule has 17 heavy (non-hydrogen) atoms. The van der Waals surface area contributed by atoms with Crippen molar-refractivity contribution in [3.8, 4) is 0 Å². The molecule has 3 heteroatoms. The molecule has 0 aromatic carbocycles. The monoisotopic (exact) mass is 236 g/mol. The molecule has 1 saturated carbocycles. The molecule has 0 spiro atoms. The smallest absolute Gasteiger partial charge is 0.140 e. The molecule has 0 bridgehead atoms. The Morgan fingerprint density at radius 1 is 1.53 bits per heavy atom. The minimum absolute atomic E-state index is 0.653. The number of hydrogen-bond acceptors (Lipinski definition) is 2. The highest BCUT2D eigenvalue weighted by molar-refractivity contribution is 5.07. The van der Waals surface area contributed by atoms with Crippen molar-refractivity contribution in [1.82, 2.24) is 9.55 Å². The molecule has 1 aromatic rings. The van der Waals surface area contributed by atoms with Gasteiger partial charge in [0.05, 0.1) is 0 Å². The molecule has 1 aliphatic rings. The highest BCUT2D eigenvalue weighted by Crippen LogP contribution is 2.40. The lowest BCUT2D eigenvalue weighted by molar-refractivity contribution is -0.0320. The largest absolute Gasteiger partial charge is 0.382 e. The number of hydrogen-bond donors (Lipinski definition) is 1. The van der Waals surface area contributed by atoms with Gasteiger partial charge in [0.25, 0.3) is 0 Å². The number of aliphatic hydroxyl groups is 1. The van der Waals surface area contributed by atoms with E-state index in [1.54, 1.807) is 0 Å². The van der Waals surface area contributed by atoms with Crippen molar-refractivity contribution < 1.29 is 5.11 Å². The summed E-state index contributed by atoms with van der Waals surface area (Å²) in [6.45, 7) is 5.33. The average Bonchev–Trinajstić information content (AvgIpc) is 2.78. The van der Waals surface area contributed by atoms with E-state index in [-0.39, 0.29) is 0 Å². The Bertz CT molecular complexity index is 361. The Labute approximate surface area is 104 Å². The van der Waals surface area contributed by atoms with Crippen LogP contribution in [0, 0.1) is 5.92 Å². The van der Waals surface area contributed by atoms with Gasteiger partial charge in [-0.3, -0.25) is 0 Å². The van der Waals surface area contributed by atoms with Gasteiger partial charge in [-0.25, -0.2) is 4.98 Å². The van der Waals surface area contributed by atoms with Crippen molar-refractivity contribution >= 4 is 0 Å². The van der Waals surface area contributed by atoms with Gasteiger partial charge in [-0.05, 0) is 31.6 Å². The maximum Gasteiger partial charge on any atom is 0.140 e. The summed E-state index contributed by atoms with van der Waals surface area (Å²) in [6, 6.07) is 0. The van der Waals surface area contributed by atoms with Crippen molar-refractivity contribution in [2.75, 3.05) is 0 Å². The van der Waals surface area contributed by atoms with Gasteiger partial charge in [-0.1, -0.05) is 26.7 Å². The third-order valence-corrected chi connectivity index (χ3v) is 4.00. The van der Waals surface area contributed by atoms with Crippen LogP contribution in [0.15, 0.2) is 12.4 Å². The summed E-state index contributed by atoms with van der Waals surface area (Å²) in [4.78, 5) is 4.41. The molecule has 2 atom stereocenters. The second-order valence-corrected chi connectivity index (χ2v) is 5.35. The van der Waals surface area contributed by atoms with E-state index in [2.05, 4.69) is 23.4 Å². The number of nitrogens with zero attached hydrogens (tertiary/aromatic N) is 2. The number of rotatable bonds is 4. The highest BCUT2D eigenvalue weighted by atomic mass is 16.3. The van der Waals surface area contributed by atoms with Crippen LogP contribution >= 0.6 is 0 Å². The zero-order valence-corrected chi connectivity index (χ0v) is 11.0. The van der Waals surface area contributed by atoms with Crippen LogP contribution in [0.1, 0.15) is 58.2 Å². The van der Waals surface area contributed by atoms with Crippen molar-refractivity contribution in [3.63, 3.8) is 0 Å². The van der Waals surface area contributed by atoms with Crippen LogP contribution in [0.2, 0.25) is 0 Å². The van der Waals surface area contributed by atoms with E-state index in [0.717, 1.165) is 44.5 Å². The second kappa shape index (κ2) is 5.21. The molecule has 0 amide bonds. The third kappa shape index (κ3) is 2.54. The zero-order valence-electron chi connectivity index (χ0n) is 11.0. The highest BCUT2D eigenvalue weighted by Gasteiger charge is 2.38. The van der Waals surface area contributed by atoms with Crippen LogP contribution in [0.4, 0.5) is 0 Å². The number of aryl methyl sites for hydroxylation is 1. The number of imidazole rings is 1. The Morgan fingerprint density at radius 2 is 2.35 bits per heavy atom. The molecule has 2 rings (SSSR count). The van der Waals surface area contributed by atoms with Gasteiger partial charge in [0, 0.05) is 18.9 Å². The maximum atomic E-state index is 10.9. The molecular weight excluding hydrogens is 212 g/mol. The minimum atomic E-state index is -0.683. The molecule has 0 saturated heterocycles. The van der Waals surface area contributed by atoms with Gasteiger partial charge >= 0.3 is 0 Å². The molecular formula is C14H24N2O. The Morgan fingerprint density at radius 3 is 3.06 bits per heavy atom. The van der Waals surface area contributed by atoms with E-state index < -0.39 is 5.60 Å². The van der Waals surface area contributed by atoms with Gasteiger partial charge in [-0.15, -0.1) is 0 Å². The van der Waals surface area contributed by atoms with Crippen LogP contribution in [-0.4, -0.2) is 14.7 Å². The second-order valence-electron chi connectivity index (χ2n) is 5.35. The van der Waals surface area contributed by atoms with Gasteiger partial charge in [0.1, 0.15) is 11.4 Å². The molecule has 1 aliphatic carbocycles. The fourth-order valence-electron chi connectivity index (χ4n) is 3.05. The van der Waals surface area contributed by atoms with Crippen LogP contribution < -0.4 is 0 Å². The quantitative estimate of drug-likeness (QED) is 0.872. The summed E-state index contributed by atoms with van der Waals surface area (Å²) in [5, 5.41) is 10.9. The normalized spacial score (nSPS) is 29.5. The van der Waals surface area contributed by atoms with Crippen molar-refractivity contribution in [3.05, 3.63) is 18.2 Å². The third-order valence-electron chi connectivity index (χ3n) is 4.00. The Kier molecular flexibility index (Phi) is 3.87. The molecule has 2 unspecified atom stereocenters. The van der Waals surface area contributed by atoms with Crippen LogP contribution in [0.5, 0.6) is 0 Å². The number of aromatic nitrogens is 2. The van der Waals surface area contributed by atoms with E-state index in [1.807, 2.05) is 12.4 Å². The summed E-state index contributed by atoms with van der Waals surface area (Å²) in [7, 11) is 0. The molecule has 3 nitrogen and oxygen atoms in total. The van der Waals surface area contributed by atoms with E-state index in [9.17, 15) is 5.11 Å². The minimum Gasteiger partial charge on any atom is -0.382 e. The molecule has 1 aromatic heterocycles. The summed E-state index contributed by atoms with van der Waals surface area (Å²) >= 11 is 0. The lowest BCUT2D eigenvalue weighted by Gasteiger charge is -2.36. The first-order valence-electron chi connectivity index (χ1n) is 6.93. The van der Waals surface area contributed by atoms with E-state index in [0.29, 0.717) is 5.92 Å². The van der Waals surface area contributed by atoms with Gasteiger partial charge in [0.15, 0.2) is 0 Å². The summed E-state index contributed by atoms with van der Waals surface area (Å²) in [6.07, 6.45) is 10.2. The van der Waals surface area contributed by atoms with Crippen LogP contribution in [-0.2, 0) is 12.1 Å². The predicted octanol–water partition coefficient (Wildman–Crippen LogP) is 3.08. The first kappa shape index (κ1) is 12.6. The SMILES string of the molecule is CCCn1ccnc1C1(O)CCCC(CC)C1. The van der Waals surface area contributed by atoms with Gasteiger partial charge in [-0.2, -0.15) is 0 Å². The predicted molar refractivity (Wildman–Crippen MR) is 68.7 cm³/mol. The molecule has 0 radical (unpaired) electrons. The fourth-order valence-corrected chi connectivity index (χ4v) is 3.05. The zero-order chi connectivity index (χ0) is 12.3. The summed E-state index contributed by atoms with van der Waals surface area (Å²) < 4.78 is 2.12. The van der Waals surface area contributed by atoms with E-state index in [1.165, 1.54) is 6.42 Å². The first-order valence-corrected chi connectivity index (χ1v) is 6.93.